The van der Waals surface area contributed by atoms with Crippen LogP contribution >= 0.6 is 0 Å². The number of aromatic nitrogens is 2. The predicted octanol–water partition coefficient (Wildman–Crippen LogP) is 24.6. The van der Waals surface area contributed by atoms with E-state index in [1.54, 1.807) is 137 Å². The van der Waals surface area contributed by atoms with Crippen molar-refractivity contribution >= 4 is 49.3 Å². The van der Waals surface area contributed by atoms with E-state index in [2.05, 4.69) is 10.9 Å². The number of aryl methyl sites for hydroxylation is 4. The molecule has 0 atom stereocenters. The molecule has 0 aliphatic rings. The molecular formula is C77H45F15N4. The molecule has 0 saturated heterocycles. The van der Waals surface area contributed by atoms with Gasteiger partial charge in [-0.05, 0) is 233 Å². The summed E-state index contributed by atoms with van der Waals surface area (Å²) in [5, 5.41) is 12.4. The van der Waals surface area contributed by atoms with E-state index in [-0.39, 0.29) is 55.9 Å². The normalized spacial score (nSPS) is 12.5. The third-order valence-corrected chi connectivity index (χ3v) is 17.1. The van der Waals surface area contributed by atoms with Crippen LogP contribution in [0.5, 0.6) is 0 Å². The van der Waals surface area contributed by atoms with Gasteiger partial charge in [-0.1, -0.05) is 72.8 Å². The van der Waals surface area contributed by atoms with Crippen molar-refractivity contribution in [3.63, 3.8) is 0 Å². The van der Waals surface area contributed by atoms with Crippen LogP contribution in [0.25, 0.3) is 127 Å². The molecule has 0 amide bonds. The zero-order valence-electron chi connectivity index (χ0n) is 50.5. The first-order chi connectivity index (χ1) is 45.2. The van der Waals surface area contributed by atoms with Gasteiger partial charge in [0.05, 0.1) is 73.9 Å². The summed E-state index contributed by atoms with van der Waals surface area (Å²) in [6, 6.07) is 48.4. The van der Waals surface area contributed by atoms with Crippen molar-refractivity contribution < 1.29 is 65.9 Å². The van der Waals surface area contributed by atoms with Gasteiger partial charge < -0.3 is 9.13 Å². The highest BCUT2D eigenvalue weighted by Gasteiger charge is 2.36. The number of hydrogen-bond donors (Lipinski definition) is 0. The summed E-state index contributed by atoms with van der Waals surface area (Å²) >= 11 is 0. The van der Waals surface area contributed by atoms with Crippen LogP contribution in [-0.2, 0) is 30.9 Å². The summed E-state index contributed by atoms with van der Waals surface area (Å²) in [6.07, 6.45) is -23.8. The average molecular weight is 1310 g/mol. The topological polar surface area (TPSA) is 38.0 Å². The van der Waals surface area contributed by atoms with Crippen molar-refractivity contribution in [1.29, 1.82) is 5.26 Å². The van der Waals surface area contributed by atoms with Crippen LogP contribution in [-0.4, -0.2) is 9.13 Å². The highest BCUT2D eigenvalue weighted by molar-refractivity contribution is 6.14. The molecule has 0 fully saturated rings. The van der Waals surface area contributed by atoms with Gasteiger partial charge >= 0.3 is 30.9 Å². The van der Waals surface area contributed by atoms with Gasteiger partial charge in [0.15, 0.2) is 5.69 Å². The van der Waals surface area contributed by atoms with E-state index in [1.807, 2.05) is 0 Å². The second-order valence-electron chi connectivity index (χ2n) is 23.9. The Hall–Kier alpha value is -11.1. The fraction of sp³-hybridized carbons (Fsp3) is 0.117. The van der Waals surface area contributed by atoms with E-state index in [4.69, 9.17) is 6.57 Å². The summed E-state index contributed by atoms with van der Waals surface area (Å²) in [7, 11) is 0. The molecule has 2 heterocycles. The summed E-state index contributed by atoms with van der Waals surface area (Å²) < 4.78 is 220. The Labute approximate surface area is 537 Å². The molecule has 2 aromatic heterocycles. The molecule has 0 unspecified atom stereocenters. The van der Waals surface area contributed by atoms with Gasteiger partial charge in [0.25, 0.3) is 0 Å². The predicted molar refractivity (Wildman–Crippen MR) is 343 cm³/mol. The first kappa shape index (κ1) is 63.7. The van der Waals surface area contributed by atoms with Crippen LogP contribution in [0.1, 0.15) is 55.6 Å². The maximum absolute atomic E-state index is 14.4. The first-order valence-electron chi connectivity index (χ1n) is 29.4. The molecule has 4 nitrogen and oxygen atoms in total. The quantitative estimate of drug-likeness (QED) is 0.110. The molecule has 96 heavy (non-hydrogen) atoms. The summed E-state index contributed by atoms with van der Waals surface area (Å²) in [4.78, 5) is 3.51. The van der Waals surface area contributed by atoms with Crippen molar-refractivity contribution in [2.45, 2.75) is 58.6 Å². The lowest BCUT2D eigenvalue weighted by Crippen LogP contribution is -2.05. The standard InChI is InChI=1S/C77H45F15N4/c1-40-20-50(29-55(24-40)74(81,82)83)45-7-15-68-62(33-45)63-34-46(51-21-41(2)25-56(30-51)75(84,85)86)8-16-69(63)95(68)67-19-11-49(59-14-12-54(73(78,79)80)38-66(59)94-5)37-61(67)60-13-6-44(39-93)28-72(60)96-70-17-9-47(52-22-42(3)26-57(31-52)76(87,88)89)35-64(70)65-36-48(10-18-71(65)96)53-23-43(4)27-58(32-53)77(90,91)92/h6-38H,1-4H3. The monoisotopic (exact) mass is 1310 g/mol. The molecule has 0 spiro atoms. The third kappa shape index (κ3) is 11.7. The molecular weight excluding hydrogens is 1270 g/mol. The molecule has 0 bridgehead atoms. The third-order valence-electron chi connectivity index (χ3n) is 17.1. The molecule has 19 heteroatoms. The molecule has 0 aliphatic heterocycles. The van der Waals surface area contributed by atoms with E-state index in [0.29, 0.717) is 105 Å². The number of nitriles is 1. The highest BCUT2D eigenvalue weighted by Crippen LogP contribution is 2.48. The summed E-state index contributed by atoms with van der Waals surface area (Å²) in [5.41, 5.74) is 1.20. The van der Waals surface area contributed by atoms with Crippen LogP contribution in [0.4, 0.5) is 71.5 Å². The highest BCUT2D eigenvalue weighted by atomic mass is 19.4. The maximum atomic E-state index is 14.4. The van der Waals surface area contributed by atoms with Gasteiger partial charge in [0, 0.05) is 38.2 Å². The van der Waals surface area contributed by atoms with Crippen molar-refractivity contribution in [2.24, 2.45) is 0 Å². The van der Waals surface area contributed by atoms with Crippen LogP contribution in [0.3, 0.4) is 0 Å². The van der Waals surface area contributed by atoms with E-state index < -0.39 is 58.7 Å². The number of benzene rings is 11. The molecule has 0 N–H and O–H groups in total. The number of halogens is 15. The van der Waals surface area contributed by atoms with Gasteiger partial charge in [0.1, 0.15) is 0 Å². The van der Waals surface area contributed by atoms with Crippen molar-refractivity contribution in [2.75, 3.05) is 0 Å². The molecule has 13 rings (SSSR count). The minimum Gasteiger partial charge on any atom is -0.309 e. The van der Waals surface area contributed by atoms with E-state index >= 15 is 0 Å². The van der Waals surface area contributed by atoms with Gasteiger partial charge in [-0.2, -0.15) is 71.1 Å². The van der Waals surface area contributed by atoms with Crippen LogP contribution in [0.2, 0.25) is 0 Å². The van der Waals surface area contributed by atoms with Crippen molar-refractivity contribution in [3.8, 4) is 84.2 Å². The van der Waals surface area contributed by atoms with Gasteiger partial charge in [0.2, 0.25) is 0 Å². The van der Waals surface area contributed by atoms with Crippen LogP contribution in [0, 0.1) is 45.6 Å². The number of hydrogen-bond acceptors (Lipinski definition) is 1. The summed E-state index contributed by atoms with van der Waals surface area (Å²) in [5.74, 6) is 0. The van der Waals surface area contributed by atoms with Crippen molar-refractivity contribution in [3.05, 3.63) is 267 Å². The fourth-order valence-corrected chi connectivity index (χ4v) is 12.9. The lowest BCUT2D eigenvalue weighted by molar-refractivity contribution is -0.138. The Morgan fingerprint density at radius 2 is 0.635 bits per heavy atom. The number of nitrogens with zero attached hydrogens (tertiary/aromatic N) is 4. The van der Waals surface area contributed by atoms with Crippen LogP contribution < -0.4 is 0 Å². The number of rotatable bonds is 8. The average Bonchev–Trinajstić information content (AvgIpc) is 1.56. The molecule has 13 aromatic rings. The van der Waals surface area contributed by atoms with Gasteiger partial charge in [-0.25, -0.2) is 4.85 Å². The molecule has 0 radical (unpaired) electrons. The molecule has 478 valence electrons. The minimum absolute atomic E-state index is 0.0665. The molecule has 0 saturated carbocycles. The van der Waals surface area contributed by atoms with Gasteiger partial charge in [-0.3, -0.25) is 0 Å². The Balaban J connectivity index is 1.13. The maximum Gasteiger partial charge on any atom is 0.416 e. The Bertz CT molecular complexity index is 5240. The van der Waals surface area contributed by atoms with E-state index in [1.165, 1.54) is 33.8 Å². The van der Waals surface area contributed by atoms with Crippen molar-refractivity contribution in [1.82, 2.24) is 9.13 Å². The molecule has 0 aliphatic carbocycles. The zero-order chi connectivity index (χ0) is 68.5. The Kier molecular flexibility index (Phi) is 15.2. The number of fused-ring (bicyclic) bond motifs is 6. The van der Waals surface area contributed by atoms with Gasteiger partial charge in [-0.15, -0.1) is 0 Å². The minimum atomic E-state index is -4.84. The van der Waals surface area contributed by atoms with E-state index in [0.717, 1.165) is 60.7 Å². The Morgan fingerprint density at radius 3 is 0.969 bits per heavy atom. The lowest BCUT2D eigenvalue weighted by atomic mass is 9.93. The number of alkyl halides is 15. The molecule has 11 aromatic carbocycles. The second-order valence-corrected chi connectivity index (χ2v) is 23.9. The largest absolute Gasteiger partial charge is 0.416 e. The summed E-state index contributed by atoms with van der Waals surface area (Å²) in [6.45, 7) is 14.2. The Morgan fingerprint density at radius 1 is 0.302 bits per heavy atom. The smallest absolute Gasteiger partial charge is 0.309 e. The van der Waals surface area contributed by atoms with Crippen LogP contribution in [0.15, 0.2) is 200 Å². The first-order valence-corrected chi connectivity index (χ1v) is 29.4. The second kappa shape index (κ2) is 22.9. The lowest BCUT2D eigenvalue weighted by Gasteiger charge is -2.21. The SMILES string of the molecule is [C-]#[N+]c1cc(C(F)(F)F)ccc1-c1ccc(-n2c3ccc(-c4cc(C)cc(C(F)(F)F)c4)cc3c3cc(-c4cc(C)cc(C(F)(F)F)c4)ccc32)c(-c2ccc(C#N)cc2-n2c3ccc(-c4cc(C)cc(C(F)(F)F)c4)cc3c3cc(-c4cc(C)cc(C(F)(F)F)c4)ccc32)c1. The zero-order valence-corrected chi connectivity index (χ0v) is 50.5. The van der Waals surface area contributed by atoms with E-state index in [9.17, 15) is 71.1 Å². The fourth-order valence-electron chi connectivity index (χ4n) is 12.9.